The molecule has 3 N–H and O–H groups in total. The molecule has 86 valence electrons. The number of anilines is 1. The minimum absolute atomic E-state index is 0.171. The van der Waals surface area contributed by atoms with Crippen molar-refractivity contribution in [1.29, 1.82) is 0 Å². The zero-order chi connectivity index (χ0) is 11.5. The summed E-state index contributed by atoms with van der Waals surface area (Å²) in [6.45, 7) is 1.66. The highest BCUT2D eigenvalue weighted by Crippen LogP contribution is 2.18. The number of hydrogen-bond acceptors (Lipinski definition) is 4. The van der Waals surface area contributed by atoms with Crippen molar-refractivity contribution in [3.8, 4) is 0 Å². The maximum atomic E-state index is 9.43. The highest BCUT2D eigenvalue weighted by molar-refractivity contribution is 7.80. The van der Waals surface area contributed by atoms with Crippen LogP contribution in [-0.4, -0.2) is 34.3 Å². The van der Waals surface area contributed by atoms with Gasteiger partial charge in [0.1, 0.15) is 10.8 Å². The molecule has 1 aromatic rings. The lowest BCUT2D eigenvalue weighted by Gasteiger charge is -2.30. The standard InChI is InChI=1S/C11H15N3OS/c12-11(16)8-1-4-13-10(7-8)14-5-2-9(15)3-6-14/h1,4,7,9,15H,2-3,5-6H2,(H2,12,16). The Hall–Kier alpha value is -1.20. The van der Waals surface area contributed by atoms with E-state index >= 15 is 0 Å². The van der Waals surface area contributed by atoms with E-state index in [2.05, 4.69) is 9.88 Å². The van der Waals surface area contributed by atoms with Gasteiger partial charge in [0, 0.05) is 24.8 Å². The summed E-state index contributed by atoms with van der Waals surface area (Å²) in [5.41, 5.74) is 6.42. The number of rotatable bonds is 2. The van der Waals surface area contributed by atoms with Crippen molar-refractivity contribution in [1.82, 2.24) is 4.98 Å². The quantitative estimate of drug-likeness (QED) is 0.741. The molecule has 0 spiro atoms. The molecular formula is C11H15N3OS. The van der Waals surface area contributed by atoms with Crippen LogP contribution in [0, 0.1) is 0 Å². The number of thiocarbonyl (C=S) groups is 1. The zero-order valence-electron chi connectivity index (χ0n) is 8.97. The summed E-state index contributed by atoms with van der Waals surface area (Å²) in [5.74, 6) is 0.886. The molecule has 0 saturated carbocycles. The molecule has 1 aliphatic rings. The van der Waals surface area contributed by atoms with E-state index in [-0.39, 0.29) is 6.10 Å². The van der Waals surface area contributed by atoms with Crippen molar-refractivity contribution in [2.75, 3.05) is 18.0 Å². The number of aliphatic hydroxyl groups excluding tert-OH is 1. The summed E-state index contributed by atoms with van der Waals surface area (Å²) in [5, 5.41) is 9.43. The van der Waals surface area contributed by atoms with Gasteiger partial charge >= 0.3 is 0 Å². The van der Waals surface area contributed by atoms with Gasteiger partial charge in [0.2, 0.25) is 0 Å². The van der Waals surface area contributed by atoms with Gasteiger partial charge in [-0.3, -0.25) is 0 Å². The Morgan fingerprint density at radius 1 is 1.50 bits per heavy atom. The molecule has 16 heavy (non-hydrogen) atoms. The maximum Gasteiger partial charge on any atom is 0.129 e. The van der Waals surface area contributed by atoms with Crippen LogP contribution in [0.5, 0.6) is 0 Å². The monoisotopic (exact) mass is 237 g/mol. The molecule has 0 aromatic carbocycles. The molecule has 1 aromatic heterocycles. The first-order valence-electron chi connectivity index (χ1n) is 5.35. The first-order valence-corrected chi connectivity index (χ1v) is 5.76. The van der Waals surface area contributed by atoms with Crippen LogP contribution >= 0.6 is 12.2 Å². The number of piperidine rings is 1. The van der Waals surface area contributed by atoms with Gasteiger partial charge in [0.05, 0.1) is 6.10 Å². The van der Waals surface area contributed by atoms with E-state index in [1.54, 1.807) is 6.20 Å². The predicted octanol–water partition coefficient (Wildman–Crippen LogP) is 0.677. The lowest BCUT2D eigenvalue weighted by molar-refractivity contribution is 0.145. The summed E-state index contributed by atoms with van der Waals surface area (Å²) in [6, 6.07) is 3.71. The second-order valence-corrected chi connectivity index (χ2v) is 4.43. The molecule has 1 saturated heterocycles. The van der Waals surface area contributed by atoms with Gasteiger partial charge in [0.15, 0.2) is 0 Å². The van der Waals surface area contributed by atoms with E-state index in [0.717, 1.165) is 37.3 Å². The molecule has 0 atom stereocenters. The lowest BCUT2D eigenvalue weighted by atomic mass is 10.1. The molecule has 0 aliphatic carbocycles. The van der Waals surface area contributed by atoms with Gasteiger partial charge in [-0.05, 0) is 25.0 Å². The number of aliphatic hydroxyl groups is 1. The fourth-order valence-corrected chi connectivity index (χ4v) is 1.97. The average molecular weight is 237 g/mol. The summed E-state index contributed by atoms with van der Waals surface area (Å²) in [6.07, 6.45) is 3.13. The van der Waals surface area contributed by atoms with E-state index in [1.807, 2.05) is 12.1 Å². The van der Waals surface area contributed by atoms with Crippen molar-refractivity contribution in [3.05, 3.63) is 23.9 Å². The molecule has 0 radical (unpaired) electrons. The van der Waals surface area contributed by atoms with Gasteiger partial charge < -0.3 is 15.7 Å². The summed E-state index contributed by atoms with van der Waals surface area (Å²) < 4.78 is 0. The second-order valence-electron chi connectivity index (χ2n) is 3.99. The summed E-state index contributed by atoms with van der Waals surface area (Å²) in [7, 11) is 0. The van der Waals surface area contributed by atoms with Crippen LogP contribution in [0.2, 0.25) is 0 Å². The van der Waals surface area contributed by atoms with Gasteiger partial charge in [-0.1, -0.05) is 12.2 Å². The third-order valence-electron chi connectivity index (χ3n) is 2.82. The first-order chi connectivity index (χ1) is 7.66. The fourth-order valence-electron chi connectivity index (χ4n) is 1.84. The van der Waals surface area contributed by atoms with Crippen LogP contribution in [0.15, 0.2) is 18.3 Å². The average Bonchev–Trinajstić information content (AvgIpc) is 2.30. The Labute approximate surface area is 100 Å². The molecular weight excluding hydrogens is 222 g/mol. The summed E-state index contributed by atoms with van der Waals surface area (Å²) in [4.78, 5) is 6.84. The Balaban J connectivity index is 2.14. The molecule has 5 heteroatoms. The van der Waals surface area contributed by atoms with Crippen LogP contribution in [0.25, 0.3) is 0 Å². The molecule has 2 rings (SSSR count). The van der Waals surface area contributed by atoms with Crippen LogP contribution in [0.1, 0.15) is 18.4 Å². The normalized spacial score (nSPS) is 17.4. The lowest BCUT2D eigenvalue weighted by Crippen LogP contribution is -2.36. The maximum absolute atomic E-state index is 9.43. The van der Waals surface area contributed by atoms with Crippen molar-refractivity contribution >= 4 is 23.0 Å². The molecule has 0 bridgehead atoms. The van der Waals surface area contributed by atoms with Crippen molar-refractivity contribution < 1.29 is 5.11 Å². The zero-order valence-corrected chi connectivity index (χ0v) is 9.78. The topological polar surface area (TPSA) is 62.4 Å². The smallest absolute Gasteiger partial charge is 0.129 e. The van der Waals surface area contributed by atoms with Gasteiger partial charge in [-0.15, -0.1) is 0 Å². The first kappa shape index (κ1) is 11.3. The number of nitrogens with zero attached hydrogens (tertiary/aromatic N) is 2. The molecule has 0 unspecified atom stereocenters. The van der Waals surface area contributed by atoms with Crippen molar-refractivity contribution in [2.45, 2.75) is 18.9 Å². The van der Waals surface area contributed by atoms with Crippen LogP contribution in [0.3, 0.4) is 0 Å². The number of hydrogen-bond donors (Lipinski definition) is 2. The Kier molecular flexibility index (Phi) is 3.36. The Morgan fingerprint density at radius 3 is 2.81 bits per heavy atom. The van der Waals surface area contributed by atoms with Crippen molar-refractivity contribution in [3.63, 3.8) is 0 Å². The largest absolute Gasteiger partial charge is 0.393 e. The van der Waals surface area contributed by atoms with E-state index in [9.17, 15) is 5.11 Å². The van der Waals surface area contributed by atoms with Crippen LogP contribution < -0.4 is 10.6 Å². The van der Waals surface area contributed by atoms with E-state index in [4.69, 9.17) is 18.0 Å². The minimum atomic E-state index is -0.171. The van der Waals surface area contributed by atoms with Gasteiger partial charge in [0.25, 0.3) is 0 Å². The van der Waals surface area contributed by atoms with Crippen LogP contribution in [0.4, 0.5) is 5.82 Å². The van der Waals surface area contributed by atoms with Crippen LogP contribution in [-0.2, 0) is 0 Å². The van der Waals surface area contributed by atoms with E-state index < -0.39 is 0 Å². The molecule has 1 fully saturated rings. The number of pyridine rings is 1. The Bertz CT molecular complexity index is 389. The predicted molar refractivity (Wildman–Crippen MR) is 67.6 cm³/mol. The number of nitrogens with two attached hydrogens (primary N) is 1. The van der Waals surface area contributed by atoms with Gasteiger partial charge in [-0.2, -0.15) is 0 Å². The fraction of sp³-hybridized carbons (Fsp3) is 0.455. The third kappa shape index (κ3) is 2.48. The highest BCUT2D eigenvalue weighted by atomic mass is 32.1. The van der Waals surface area contributed by atoms with E-state index in [1.165, 1.54) is 0 Å². The minimum Gasteiger partial charge on any atom is -0.393 e. The second kappa shape index (κ2) is 4.76. The molecule has 2 heterocycles. The SMILES string of the molecule is NC(=S)c1ccnc(N2CCC(O)CC2)c1. The molecule has 4 nitrogen and oxygen atoms in total. The van der Waals surface area contributed by atoms with Gasteiger partial charge in [-0.25, -0.2) is 4.98 Å². The van der Waals surface area contributed by atoms with Crippen molar-refractivity contribution in [2.24, 2.45) is 5.73 Å². The summed E-state index contributed by atoms with van der Waals surface area (Å²) >= 11 is 4.93. The van der Waals surface area contributed by atoms with E-state index in [0.29, 0.717) is 4.99 Å². The number of aromatic nitrogens is 1. The highest BCUT2D eigenvalue weighted by Gasteiger charge is 2.18. The molecule has 0 amide bonds. The Morgan fingerprint density at radius 2 is 2.19 bits per heavy atom. The third-order valence-corrected chi connectivity index (χ3v) is 3.05. The molecule has 1 aliphatic heterocycles.